The van der Waals surface area contributed by atoms with Gasteiger partial charge in [0.25, 0.3) is 0 Å². The van der Waals surface area contributed by atoms with Crippen LogP contribution in [0.2, 0.25) is 0 Å². The van der Waals surface area contributed by atoms with Crippen LogP contribution in [0, 0.1) is 0 Å². The highest BCUT2D eigenvalue weighted by molar-refractivity contribution is 5.79. The maximum absolute atomic E-state index is 6.19. The Hall–Kier alpha value is -1.95. The zero-order valence-electron chi connectivity index (χ0n) is 16.6. The SMILES string of the molecule is CCNC(=NCc1ccc(OC)c(OC2CCCC2)c1)NCC1CCCO1. The summed E-state index contributed by atoms with van der Waals surface area (Å²) in [7, 11) is 1.69. The molecular formula is C21H33N3O3. The quantitative estimate of drug-likeness (QED) is 0.539. The molecule has 0 aromatic heterocycles. The van der Waals surface area contributed by atoms with Gasteiger partial charge in [0.2, 0.25) is 0 Å². The molecule has 6 heteroatoms. The molecule has 1 aliphatic carbocycles. The summed E-state index contributed by atoms with van der Waals surface area (Å²) in [4.78, 5) is 4.72. The molecule has 1 atom stereocenters. The lowest BCUT2D eigenvalue weighted by Gasteiger charge is -2.17. The Morgan fingerprint density at radius 1 is 1.15 bits per heavy atom. The van der Waals surface area contributed by atoms with Gasteiger partial charge in [0, 0.05) is 19.7 Å². The zero-order chi connectivity index (χ0) is 18.9. The second-order valence-corrected chi connectivity index (χ2v) is 7.22. The van der Waals surface area contributed by atoms with Gasteiger partial charge in [0.1, 0.15) is 0 Å². The third kappa shape index (κ3) is 6.03. The van der Waals surface area contributed by atoms with Crippen molar-refractivity contribution in [2.75, 3.05) is 26.8 Å². The molecule has 2 N–H and O–H groups in total. The summed E-state index contributed by atoms with van der Waals surface area (Å²) in [6, 6.07) is 6.08. The predicted octanol–water partition coefficient (Wildman–Crippen LogP) is 3.25. The molecule has 0 spiro atoms. The molecule has 1 aliphatic heterocycles. The van der Waals surface area contributed by atoms with Crippen molar-refractivity contribution in [1.82, 2.24) is 10.6 Å². The summed E-state index contributed by atoms with van der Waals surface area (Å²) in [6.07, 6.45) is 7.62. The maximum Gasteiger partial charge on any atom is 0.191 e. The van der Waals surface area contributed by atoms with Crippen molar-refractivity contribution in [1.29, 1.82) is 0 Å². The van der Waals surface area contributed by atoms with Gasteiger partial charge in [-0.2, -0.15) is 0 Å². The van der Waals surface area contributed by atoms with Crippen LogP contribution in [0.3, 0.4) is 0 Å². The second kappa shape index (κ2) is 10.4. The van der Waals surface area contributed by atoms with Gasteiger partial charge in [0.15, 0.2) is 17.5 Å². The molecule has 1 saturated carbocycles. The summed E-state index contributed by atoms with van der Waals surface area (Å²) in [5.74, 6) is 2.44. The first-order valence-corrected chi connectivity index (χ1v) is 10.3. The predicted molar refractivity (Wildman–Crippen MR) is 108 cm³/mol. The molecule has 0 radical (unpaired) electrons. The van der Waals surface area contributed by atoms with Crippen LogP contribution < -0.4 is 20.1 Å². The van der Waals surface area contributed by atoms with Gasteiger partial charge in [-0.15, -0.1) is 0 Å². The van der Waals surface area contributed by atoms with E-state index in [4.69, 9.17) is 19.2 Å². The van der Waals surface area contributed by atoms with E-state index >= 15 is 0 Å². The molecule has 1 aromatic carbocycles. The normalized spacial score (nSPS) is 20.7. The van der Waals surface area contributed by atoms with Crippen molar-refractivity contribution in [3.63, 3.8) is 0 Å². The van der Waals surface area contributed by atoms with Crippen LogP contribution in [0.5, 0.6) is 11.5 Å². The molecule has 6 nitrogen and oxygen atoms in total. The summed E-state index contributed by atoms with van der Waals surface area (Å²) in [6.45, 7) is 5.16. The van der Waals surface area contributed by atoms with E-state index in [9.17, 15) is 0 Å². The Morgan fingerprint density at radius 3 is 2.70 bits per heavy atom. The van der Waals surface area contributed by atoms with Crippen molar-refractivity contribution in [2.24, 2.45) is 4.99 Å². The monoisotopic (exact) mass is 375 g/mol. The average molecular weight is 376 g/mol. The molecular weight excluding hydrogens is 342 g/mol. The van der Waals surface area contributed by atoms with Crippen molar-refractivity contribution in [3.05, 3.63) is 23.8 Å². The van der Waals surface area contributed by atoms with Crippen molar-refractivity contribution in [3.8, 4) is 11.5 Å². The number of rotatable bonds is 8. The maximum atomic E-state index is 6.19. The number of nitrogens with one attached hydrogen (secondary N) is 2. The molecule has 27 heavy (non-hydrogen) atoms. The number of guanidine groups is 1. The van der Waals surface area contributed by atoms with Crippen molar-refractivity contribution in [2.45, 2.75) is 64.2 Å². The molecule has 150 valence electrons. The number of benzene rings is 1. The van der Waals surface area contributed by atoms with Crippen LogP contribution in [-0.4, -0.2) is 45.0 Å². The first-order valence-electron chi connectivity index (χ1n) is 10.3. The number of hydrogen-bond acceptors (Lipinski definition) is 4. The lowest BCUT2D eigenvalue weighted by atomic mass is 10.2. The van der Waals surface area contributed by atoms with E-state index in [-0.39, 0.29) is 0 Å². The molecule has 0 bridgehead atoms. The van der Waals surface area contributed by atoms with E-state index < -0.39 is 0 Å². The Morgan fingerprint density at radius 2 is 2.00 bits per heavy atom. The van der Waals surface area contributed by atoms with Gasteiger partial charge in [0.05, 0.1) is 25.9 Å². The third-order valence-corrected chi connectivity index (χ3v) is 5.11. The standard InChI is InChI=1S/C21H33N3O3/c1-3-22-21(24-15-18-9-6-12-26-18)23-14-16-10-11-19(25-2)20(13-16)27-17-7-4-5-8-17/h10-11,13,17-18H,3-9,12,14-15H2,1-2H3,(H2,22,23,24). The zero-order valence-corrected chi connectivity index (χ0v) is 16.6. The van der Waals surface area contributed by atoms with E-state index in [1.807, 2.05) is 12.1 Å². The van der Waals surface area contributed by atoms with Gasteiger partial charge in [-0.1, -0.05) is 6.07 Å². The Kier molecular flexibility index (Phi) is 7.63. The minimum Gasteiger partial charge on any atom is -0.493 e. The van der Waals surface area contributed by atoms with Gasteiger partial charge >= 0.3 is 0 Å². The lowest BCUT2D eigenvalue weighted by Crippen LogP contribution is -2.41. The molecule has 0 amide bonds. The highest BCUT2D eigenvalue weighted by Gasteiger charge is 2.19. The minimum absolute atomic E-state index is 0.293. The van der Waals surface area contributed by atoms with Crippen LogP contribution in [0.4, 0.5) is 0 Å². The van der Waals surface area contributed by atoms with E-state index in [0.29, 0.717) is 18.8 Å². The number of methoxy groups -OCH3 is 1. The van der Waals surface area contributed by atoms with Crippen LogP contribution in [0.1, 0.15) is 51.0 Å². The lowest BCUT2D eigenvalue weighted by molar-refractivity contribution is 0.114. The fourth-order valence-electron chi connectivity index (χ4n) is 3.63. The molecule has 3 rings (SSSR count). The highest BCUT2D eigenvalue weighted by atomic mass is 16.5. The number of hydrogen-bond donors (Lipinski definition) is 2. The fourth-order valence-corrected chi connectivity index (χ4v) is 3.63. The summed E-state index contributed by atoms with van der Waals surface area (Å²) >= 11 is 0. The van der Waals surface area contributed by atoms with Crippen LogP contribution in [0.15, 0.2) is 23.2 Å². The van der Waals surface area contributed by atoms with Crippen molar-refractivity contribution >= 4 is 5.96 Å². The molecule has 1 unspecified atom stereocenters. The average Bonchev–Trinajstić information content (AvgIpc) is 3.38. The minimum atomic E-state index is 0.293. The van der Waals surface area contributed by atoms with Crippen LogP contribution in [-0.2, 0) is 11.3 Å². The Balaban J connectivity index is 1.61. The Bertz CT molecular complexity index is 609. The number of nitrogens with zero attached hydrogens (tertiary/aromatic N) is 1. The second-order valence-electron chi connectivity index (χ2n) is 7.22. The topological polar surface area (TPSA) is 64.1 Å². The van der Waals surface area contributed by atoms with Crippen molar-refractivity contribution < 1.29 is 14.2 Å². The van der Waals surface area contributed by atoms with E-state index in [2.05, 4.69) is 23.6 Å². The first-order chi connectivity index (χ1) is 13.3. The van der Waals surface area contributed by atoms with E-state index in [1.165, 1.54) is 12.8 Å². The van der Waals surface area contributed by atoms with Gasteiger partial charge in [-0.3, -0.25) is 0 Å². The molecule has 1 heterocycles. The molecule has 1 aromatic rings. The third-order valence-electron chi connectivity index (χ3n) is 5.11. The van der Waals surface area contributed by atoms with E-state index in [1.54, 1.807) is 7.11 Å². The summed E-state index contributed by atoms with van der Waals surface area (Å²) in [5.41, 5.74) is 1.11. The van der Waals surface area contributed by atoms with Gasteiger partial charge < -0.3 is 24.8 Å². The molecule has 2 aliphatic rings. The smallest absolute Gasteiger partial charge is 0.191 e. The fraction of sp³-hybridized carbons (Fsp3) is 0.667. The highest BCUT2D eigenvalue weighted by Crippen LogP contribution is 2.32. The van der Waals surface area contributed by atoms with E-state index in [0.717, 1.165) is 68.4 Å². The number of ether oxygens (including phenoxy) is 3. The molecule has 1 saturated heterocycles. The number of aliphatic imine (C=N–C) groups is 1. The molecule has 2 fully saturated rings. The van der Waals surface area contributed by atoms with Crippen LogP contribution >= 0.6 is 0 Å². The van der Waals surface area contributed by atoms with Crippen LogP contribution in [0.25, 0.3) is 0 Å². The summed E-state index contributed by atoms with van der Waals surface area (Å²) in [5, 5.41) is 6.69. The first kappa shape index (κ1) is 19.8. The Labute approximate surface area is 162 Å². The largest absolute Gasteiger partial charge is 0.493 e. The van der Waals surface area contributed by atoms with Gasteiger partial charge in [-0.25, -0.2) is 4.99 Å². The summed E-state index contributed by atoms with van der Waals surface area (Å²) < 4.78 is 17.3. The van der Waals surface area contributed by atoms with Gasteiger partial charge in [-0.05, 0) is 63.1 Å².